The van der Waals surface area contributed by atoms with Crippen LogP contribution < -0.4 is 4.90 Å². The molecular weight excluding hydrogens is 276 g/mol. The maximum absolute atomic E-state index is 11.7. The fraction of sp³-hybridized carbons (Fsp3) is 0.462. The van der Waals surface area contributed by atoms with Crippen molar-refractivity contribution >= 4 is 17.5 Å². The van der Waals surface area contributed by atoms with E-state index >= 15 is 0 Å². The lowest BCUT2D eigenvalue weighted by Crippen LogP contribution is -2.25. The summed E-state index contributed by atoms with van der Waals surface area (Å²) >= 11 is 0. The SMILES string of the molecule is COC(=O)C1CN(c2ncc([N+](=O)[O-])cc2C#N)CC1C. The molecule has 21 heavy (non-hydrogen) atoms. The summed E-state index contributed by atoms with van der Waals surface area (Å²) in [6.45, 7) is 2.84. The molecular formula is C13H14N4O4. The van der Waals surface area contributed by atoms with Gasteiger partial charge in [-0.3, -0.25) is 14.9 Å². The zero-order valence-corrected chi connectivity index (χ0v) is 11.6. The van der Waals surface area contributed by atoms with E-state index in [0.717, 1.165) is 6.20 Å². The Bertz CT molecular complexity index is 625. The second-order valence-electron chi connectivity index (χ2n) is 4.95. The number of carbonyl (C=O) groups is 1. The fourth-order valence-electron chi connectivity index (χ4n) is 2.48. The van der Waals surface area contributed by atoms with Gasteiger partial charge in [-0.05, 0) is 5.92 Å². The Morgan fingerprint density at radius 2 is 2.33 bits per heavy atom. The first-order chi connectivity index (χ1) is 9.97. The van der Waals surface area contributed by atoms with E-state index in [1.807, 2.05) is 13.0 Å². The van der Waals surface area contributed by atoms with Crippen LogP contribution in [0, 0.1) is 33.3 Å². The number of aromatic nitrogens is 1. The highest BCUT2D eigenvalue weighted by Crippen LogP contribution is 2.30. The van der Waals surface area contributed by atoms with Crippen molar-refractivity contribution in [1.29, 1.82) is 5.26 Å². The zero-order valence-electron chi connectivity index (χ0n) is 11.6. The van der Waals surface area contributed by atoms with Gasteiger partial charge in [-0.25, -0.2) is 4.98 Å². The predicted molar refractivity (Wildman–Crippen MR) is 72.5 cm³/mol. The van der Waals surface area contributed by atoms with E-state index in [1.54, 1.807) is 4.90 Å². The molecule has 0 aliphatic carbocycles. The van der Waals surface area contributed by atoms with E-state index in [9.17, 15) is 14.9 Å². The summed E-state index contributed by atoms with van der Waals surface area (Å²) in [4.78, 5) is 27.6. The molecule has 1 aromatic rings. The van der Waals surface area contributed by atoms with Crippen LogP contribution in [0.25, 0.3) is 0 Å². The number of nitriles is 1. The van der Waals surface area contributed by atoms with Crippen molar-refractivity contribution in [3.8, 4) is 6.07 Å². The number of carbonyl (C=O) groups excluding carboxylic acids is 1. The highest BCUT2D eigenvalue weighted by Gasteiger charge is 2.37. The summed E-state index contributed by atoms with van der Waals surface area (Å²) in [5.41, 5.74) is -0.103. The van der Waals surface area contributed by atoms with Gasteiger partial charge in [-0.15, -0.1) is 0 Å². The Balaban J connectivity index is 2.30. The third-order valence-corrected chi connectivity index (χ3v) is 3.60. The largest absolute Gasteiger partial charge is 0.469 e. The van der Waals surface area contributed by atoms with Gasteiger partial charge in [0.2, 0.25) is 0 Å². The van der Waals surface area contributed by atoms with Gasteiger partial charge in [0.25, 0.3) is 5.69 Å². The molecule has 8 heteroatoms. The number of esters is 1. The van der Waals surface area contributed by atoms with E-state index in [4.69, 9.17) is 10.00 Å². The van der Waals surface area contributed by atoms with Crippen LogP contribution in [0.15, 0.2) is 12.3 Å². The van der Waals surface area contributed by atoms with Crippen molar-refractivity contribution in [1.82, 2.24) is 4.98 Å². The molecule has 1 saturated heterocycles. The zero-order chi connectivity index (χ0) is 15.6. The van der Waals surface area contributed by atoms with Crippen molar-refractivity contribution in [2.24, 2.45) is 11.8 Å². The van der Waals surface area contributed by atoms with Gasteiger partial charge in [-0.2, -0.15) is 5.26 Å². The molecule has 2 atom stereocenters. The van der Waals surface area contributed by atoms with Crippen LogP contribution in [-0.4, -0.2) is 36.1 Å². The fourth-order valence-corrected chi connectivity index (χ4v) is 2.48. The molecule has 1 aliphatic rings. The van der Waals surface area contributed by atoms with E-state index in [-0.39, 0.29) is 29.1 Å². The summed E-state index contributed by atoms with van der Waals surface area (Å²) in [7, 11) is 1.34. The lowest BCUT2D eigenvalue weighted by molar-refractivity contribution is -0.385. The highest BCUT2D eigenvalue weighted by atomic mass is 16.6. The summed E-state index contributed by atoms with van der Waals surface area (Å²) in [6, 6.07) is 3.11. The number of ether oxygens (including phenoxy) is 1. The quantitative estimate of drug-likeness (QED) is 0.466. The lowest BCUT2D eigenvalue weighted by atomic mass is 9.99. The number of anilines is 1. The lowest BCUT2D eigenvalue weighted by Gasteiger charge is -2.17. The highest BCUT2D eigenvalue weighted by molar-refractivity contribution is 5.75. The van der Waals surface area contributed by atoms with Gasteiger partial charge in [0.15, 0.2) is 0 Å². The summed E-state index contributed by atoms with van der Waals surface area (Å²) < 4.78 is 4.76. The minimum Gasteiger partial charge on any atom is -0.469 e. The van der Waals surface area contributed by atoms with Gasteiger partial charge in [0, 0.05) is 19.2 Å². The number of rotatable bonds is 3. The monoisotopic (exact) mass is 290 g/mol. The molecule has 0 amide bonds. The molecule has 0 saturated carbocycles. The predicted octanol–water partition coefficient (Wildman–Crippen LogP) is 1.11. The van der Waals surface area contributed by atoms with Crippen molar-refractivity contribution in [3.05, 3.63) is 27.9 Å². The summed E-state index contributed by atoms with van der Waals surface area (Å²) in [6.07, 6.45) is 1.12. The smallest absolute Gasteiger partial charge is 0.310 e. The Kier molecular flexibility index (Phi) is 4.03. The molecule has 0 aromatic carbocycles. The molecule has 0 spiro atoms. The Morgan fingerprint density at radius 3 is 2.90 bits per heavy atom. The minimum absolute atomic E-state index is 0.0565. The number of pyridine rings is 1. The van der Waals surface area contributed by atoms with Crippen LogP contribution in [0.5, 0.6) is 0 Å². The van der Waals surface area contributed by atoms with E-state index in [0.29, 0.717) is 18.9 Å². The van der Waals surface area contributed by atoms with E-state index < -0.39 is 4.92 Å². The maximum atomic E-state index is 11.7. The number of nitro groups is 1. The number of hydrogen-bond acceptors (Lipinski definition) is 7. The van der Waals surface area contributed by atoms with Crippen molar-refractivity contribution < 1.29 is 14.5 Å². The molecule has 1 fully saturated rings. The van der Waals surface area contributed by atoms with Gasteiger partial charge >= 0.3 is 5.97 Å². The Labute approximate surface area is 121 Å². The summed E-state index contributed by atoms with van der Waals surface area (Å²) in [5.74, 6) is -0.175. The van der Waals surface area contributed by atoms with Gasteiger partial charge in [0.05, 0.1) is 18.0 Å². The van der Waals surface area contributed by atoms with Crippen LogP contribution >= 0.6 is 0 Å². The van der Waals surface area contributed by atoms with Crippen LogP contribution in [-0.2, 0) is 9.53 Å². The third-order valence-electron chi connectivity index (χ3n) is 3.60. The van der Waals surface area contributed by atoms with Gasteiger partial charge < -0.3 is 9.64 Å². The Morgan fingerprint density at radius 1 is 1.62 bits per heavy atom. The maximum Gasteiger partial charge on any atom is 0.310 e. The van der Waals surface area contributed by atoms with Crippen LogP contribution in [0.2, 0.25) is 0 Å². The molecule has 0 bridgehead atoms. The van der Waals surface area contributed by atoms with Crippen molar-refractivity contribution in [2.75, 3.05) is 25.1 Å². The topological polar surface area (TPSA) is 109 Å². The Hall–Kier alpha value is -2.69. The molecule has 0 radical (unpaired) electrons. The molecule has 1 aliphatic heterocycles. The third kappa shape index (κ3) is 2.76. The molecule has 2 heterocycles. The van der Waals surface area contributed by atoms with Gasteiger partial charge in [0.1, 0.15) is 23.6 Å². The van der Waals surface area contributed by atoms with E-state index in [1.165, 1.54) is 13.2 Å². The summed E-state index contributed by atoms with van der Waals surface area (Å²) in [5, 5.41) is 19.9. The van der Waals surface area contributed by atoms with Crippen LogP contribution in [0.4, 0.5) is 11.5 Å². The van der Waals surface area contributed by atoms with Crippen LogP contribution in [0.3, 0.4) is 0 Å². The molecule has 2 unspecified atom stereocenters. The second kappa shape index (κ2) is 5.75. The first-order valence-electron chi connectivity index (χ1n) is 6.35. The van der Waals surface area contributed by atoms with Crippen LogP contribution in [0.1, 0.15) is 12.5 Å². The average molecular weight is 290 g/mol. The first kappa shape index (κ1) is 14.7. The average Bonchev–Trinajstić information content (AvgIpc) is 2.87. The van der Waals surface area contributed by atoms with Crippen molar-refractivity contribution in [2.45, 2.75) is 6.92 Å². The van der Waals surface area contributed by atoms with Gasteiger partial charge in [-0.1, -0.05) is 6.92 Å². The number of nitrogens with zero attached hydrogens (tertiary/aromatic N) is 4. The number of hydrogen-bond donors (Lipinski definition) is 0. The standard InChI is InChI=1S/C13H14N4O4/c1-8-6-16(7-11(8)13(18)21-2)12-9(4-14)3-10(5-15-12)17(19)20/h3,5,8,11H,6-7H2,1-2H3. The molecule has 110 valence electrons. The molecule has 2 rings (SSSR count). The molecule has 0 N–H and O–H groups in total. The molecule has 1 aromatic heterocycles. The number of methoxy groups -OCH3 is 1. The normalized spacial score (nSPS) is 20.9. The molecule has 8 nitrogen and oxygen atoms in total. The minimum atomic E-state index is -0.596. The first-order valence-corrected chi connectivity index (χ1v) is 6.35. The van der Waals surface area contributed by atoms with E-state index in [2.05, 4.69) is 4.98 Å². The second-order valence-corrected chi connectivity index (χ2v) is 4.95. The van der Waals surface area contributed by atoms with Crippen molar-refractivity contribution in [3.63, 3.8) is 0 Å².